The number of hydrogen-bond acceptors (Lipinski definition) is 2. The van der Waals surface area contributed by atoms with Gasteiger partial charge in [0.1, 0.15) is 5.75 Å². The fourth-order valence-electron chi connectivity index (χ4n) is 2.28. The van der Waals surface area contributed by atoms with Crippen LogP contribution >= 0.6 is 11.6 Å². The van der Waals surface area contributed by atoms with Gasteiger partial charge in [-0.05, 0) is 29.5 Å². The molecule has 0 aromatic heterocycles. The first-order valence-electron chi connectivity index (χ1n) is 7.14. The SMILES string of the molecule is CC(C)COc1ccc(CN2CC(CCl)CC2=O)cc1. The van der Waals surface area contributed by atoms with Crippen molar-refractivity contribution < 1.29 is 9.53 Å². The van der Waals surface area contributed by atoms with Crippen LogP contribution in [0.5, 0.6) is 5.75 Å². The molecule has 1 atom stereocenters. The van der Waals surface area contributed by atoms with Crippen LogP contribution in [0.1, 0.15) is 25.8 Å². The third kappa shape index (κ3) is 4.14. The summed E-state index contributed by atoms with van der Waals surface area (Å²) in [6.07, 6.45) is 0.582. The number of nitrogens with zero attached hydrogens (tertiary/aromatic N) is 1. The molecule has 3 nitrogen and oxygen atoms in total. The molecule has 1 amide bonds. The number of hydrogen-bond donors (Lipinski definition) is 0. The van der Waals surface area contributed by atoms with Crippen LogP contribution in [0.2, 0.25) is 0 Å². The van der Waals surface area contributed by atoms with Crippen molar-refractivity contribution in [1.82, 2.24) is 4.90 Å². The molecule has 1 saturated heterocycles. The van der Waals surface area contributed by atoms with E-state index in [1.54, 1.807) is 0 Å². The van der Waals surface area contributed by atoms with Gasteiger partial charge in [0.2, 0.25) is 5.91 Å². The number of carbonyl (C=O) groups excluding carboxylic acids is 1. The lowest BCUT2D eigenvalue weighted by atomic mass is 10.1. The number of rotatable bonds is 6. The van der Waals surface area contributed by atoms with Crippen LogP contribution in [0.4, 0.5) is 0 Å². The van der Waals surface area contributed by atoms with Crippen molar-refractivity contribution in [3.8, 4) is 5.75 Å². The van der Waals surface area contributed by atoms with Crippen molar-refractivity contribution in [3.05, 3.63) is 29.8 Å². The van der Waals surface area contributed by atoms with Gasteiger partial charge in [0, 0.05) is 25.4 Å². The Labute approximate surface area is 125 Å². The van der Waals surface area contributed by atoms with Gasteiger partial charge in [-0.2, -0.15) is 0 Å². The summed E-state index contributed by atoms with van der Waals surface area (Å²) in [5.41, 5.74) is 1.13. The second-order valence-corrected chi connectivity index (χ2v) is 6.16. The molecular weight excluding hydrogens is 274 g/mol. The summed E-state index contributed by atoms with van der Waals surface area (Å²) in [6, 6.07) is 7.99. The summed E-state index contributed by atoms with van der Waals surface area (Å²) >= 11 is 5.83. The number of benzene rings is 1. The maximum atomic E-state index is 11.8. The first-order valence-corrected chi connectivity index (χ1v) is 7.67. The van der Waals surface area contributed by atoms with Crippen LogP contribution in [0.15, 0.2) is 24.3 Å². The second-order valence-electron chi connectivity index (χ2n) is 5.85. The Bertz CT molecular complexity index is 444. The largest absolute Gasteiger partial charge is 0.493 e. The van der Waals surface area contributed by atoms with E-state index in [9.17, 15) is 4.79 Å². The molecule has 2 rings (SSSR count). The molecule has 1 unspecified atom stereocenters. The minimum absolute atomic E-state index is 0.204. The van der Waals surface area contributed by atoms with Gasteiger partial charge in [-0.3, -0.25) is 4.79 Å². The fraction of sp³-hybridized carbons (Fsp3) is 0.562. The third-order valence-electron chi connectivity index (χ3n) is 3.39. The van der Waals surface area contributed by atoms with Crippen molar-refractivity contribution >= 4 is 17.5 Å². The average molecular weight is 296 g/mol. The highest BCUT2D eigenvalue weighted by Crippen LogP contribution is 2.22. The predicted molar refractivity (Wildman–Crippen MR) is 81.0 cm³/mol. The molecular formula is C16H22ClNO2. The highest BCUT2D eigenvalue weighted by atomic mass is 35.5. The van der Waals surface area contributed by atoms with Crippen molar-refractivity contribution in [1.29, 1.82) is 0 Å². The molecule has 0 saturated carbocycles. The zero-order chi connectivity index (χ0) is 14.5. The first kappa shape index (κ1) is 15.2. The molecule has 0 radical (unpaired) electrons. The highest BCUT2D eigenvalue weighted by molar-refractivity contribution is 6.18. The van der Waals surface area contributed by atoms with Crippen LogP contribution < -0.4 is 4.74 Å². The van der Waals surface area contributed by atoms with Crippen LogP contribution in [-0.4, -0.2) is 29.8 Å². The summed E-state index contributed by atoms with van der Waals surface area (Å²) in [6.45, 7) is 6.41. The summed E-state index contributed by atoms with van der Waals surface area (Å²) < 4.78 is 5.65. The van der Waals surface area contributed by atoms with E-state index in [-0.39, 0.29) is 5.91 Å². The van der Waals surface area contributed by atoms with Gasteiger partial charge in [-0.25, -0.2) is 0 Å². The van der Waals surface area contributed by atoms with E-state index in [0.717, 1.165) is 24.5 Å². The lowest BCUT2D eigenvalue weighted by Gasteiger charge is -2.16. The standard InChI is InChI=1S/C16H22ClNO2/c1-12(2)11-20-15-5-3-13(4-6-15)9-18-10-14(8-17)7-16(18)19/h3-6,12,14H,7-11H2,1-2H3. The Hall–Kier alpha value is -1.22. The van der Waals surface area contributed by atoms with Crippen molar-refractivity contribution in [2.45, 2.75) is 26.8 Å². The molecule has 0 spiro atoms. The molecule has 1 heterocycles. The molecule has 0 aliphatic carbocycles. The van der Waals surface area contributed by atoms with Crippen molar-refractivity contribution in [2.75, 3.05) is 19.0 Å². The quantitative estimate of drug-likeness (QED) is 0.754. The van der Waals surface area contributed by atoms with Crippen LogP contribution in [0.3, 0.4) is 0 Å². The van der Waals surface area contributed by atoms with Crippen LogP contribution in [0.25, 0.3) is 0 Å². The molecule has 0 bridgehead atoms. The summed E-state index contributed by atoms with van der Waals surface area (Å²) in [5, 5.41) is 0. The van der Waals surface area contributed by atoms with E-state index >= 15 is 0 Å². The molecule has 110 valence electrons. The summed E-state index contributed by atoms with van der Waals surface area (Å²) in [7, 11) is 0. The van der Waals surface area contributed by atoms with Gasteiger partial charge in [-0.15, -0.1) is 11.6 Å². The van der Waals surface area contributed by atoms with Crippen LogP contribution in [0, 0.1) is 11.8 Å². The van der Waals surface area contributed by atoms with Gasteiger partial charge in [0.15, 0.2) is 0 Å². The number of ether oxygens (including phenoxy) is 1. The zero-order valence-electron chi connectivity index (χ0n) is 12.1. The summed E-state index contributed by atoms with van der Waals surface area (Å²) in [4.78, 5) is 13.7. The van der Waals surface area contributed by atoms with E-state index in [0.29, 0.717) is 30.7 Å². The molecule has 1 aromatic rings. The second kappa shape index (κ2) is 6.98. The zero-order valence-corrected chi connectivity index (χ0v) is 12.9. The van der Waals surface area contributed by atoms with Gasteiger partial charge in [0.05, 0.1) is 6.61 Å². The Morgan fingerprint density at radius 2 is 2.05 bits per heavy atom. The normalized spacial score (nSPS) is 18.9. The number of halogens is 1. The molecule has 1 fully saturated rings. The van der Waals surface area contributed by atoms with E-state index in [1.165, 1.54) is 0 Å². The van der Waals surface area contributed by atoms with Gasteiger partial charge < -0.3 is 9.64 Å². The topological polar surface area (TPSA) is 29.5 Å². The van der Waals surface area contributed by atoms with Crippen molar-refractivity contribution in [3.63, 3.8) is 0 Å². The Morgan fingerprint density at radius 1 is 1.35 bits per heavy atom. The van der Waals surface area contributed by atoms with Gasteiger partial charge in [0.25, 0.3) is 0 Å². The summed E-state index contributed by atoms with van der Waals surface area (Å²) in [5.74, 6) is 2.47. The van der Waals surface area contributed by atoms with Gasteiger partial charge >= 0.3 is 0 Å². The monoisotopic (exact) mass is 295 g/mol. The van der Waals surface area contributed by atoms with E-state index in [2.05, 4.69) is 13.8 Å². The van der Waals surface area contributed by atoms with E-state index < -0.39 is 0 Å². The lowest BCUT2D eigenvalue weighted by molar-refractivity contribution is -0.128. The maximum Gasteiger partial charge on any atom is 0.223 e. The number of alkyl halides is 1. The van der Waals surface area contributed by atoms with Crippen molar-refractivity contribution in [2.24, 2.45) is 11.8 Å². The number of likely N-dealkylation sites (tertiary alicyclic amines) is 1. The minimum Gasteiger partial charge on any atom is -0.493 e. The third-order valence-corrected chi connectivity index (χ3v) is 3.83. The average Bonchev–Trinajstić information content (AvgIpc) is 2.78. The molecule has 1 aliphatic rings. The van der Waals surface area contributed by atoms with Gasteiger partial charge in [-0.1, -0.05) is 26.0 Å². The Morgan fingerprint density at radius 3 is 2.60 bits per heavy atom. The minimum atomic E-state index is 0.204. The smallest absolute Gasteiger partial charge is 0.223 e. The molecule has 1 aliphatic heterocycles. The Kier molecular flexibility index (Phi) is 5.30. The highest BCUT2D eigenvalue weighted by Gasteiger charge is 2.28. The molecule has 0 N–H and O–H groups in total. The predicted octanol–water partition coefficient (Wildman–Crippen LogP) is 3.31. The molecule has 4 heteroatoms. The Balaban J connectivity index is 1.89. The molecule has 1 aromatic carbocycles. The molecule has 20 heavy (non-hydrogen) atoms. The maximum absolute atomic E-state index is 11.8. The number of amides is 1. The van der Waals surface area contributed by atoms with E-state index in [4.69, 9.17) is 16.3 Å². The van der Waals surface area contributed by atoms with E-state index in [1.807, 2.05) is 29.2 Å². The first-order chi connectivity index (χ1) is 9.58. The van der Waals surface area contributed by atoms with Crippen LogP contribution in [-0.2, 0) is 11.3 Å². The number of carbonyl (C=O) groups is 1. The lowest BCUT2D eigenvalue weighted by Crippen LogP contribution is -2.24. The fourth-order valence-corrected chi connectivity index (χ4v) is 2.49.